The number of nitrogens with one attached hydrogen (secondary N) is 1. The van der Waals surface area contributed by atoms with Crippen molar-refractivity contribution in [1.29, 1.82) is 0 Å². The third-order valence-electron chi connectivity index (χ3n) is 4.58. The van der Waals surface area contributed by atoms with Crippen molar-refractivity contribution in [3.05, 3.63) is 23.5 Å². The molecule has 1 N–H and O–H groups in total. The number of halogens is 1. The summed E-state index contributed by atoms with van der Waals surface area (Å²) < 4.78 is 2.06. The molecule has 1 atom stereocenters. The van der Waals surface area contributed by atoms with E-state index in [1.54, 1.807) is 11.3 Å². The first-order valence-corrected chi connectivity index (χ1v) is 8.96. The quantitative estimate of drug-likeness (QED) is 0.443. The van der Waals surface area contributed by atoms with Crippen LogP contribution >= 0.6 is 35.3 Å². The van der Waals surface area contributed by atoms with E-state index in [0.717, 1.165) is 36.2 Å². The van der Waals surface area contributed by atoms with Gasteiger partial charge in [-0.3, -0.25) is 4.40 Å². The summed E-state index contributed by atoms with van der Waals surface area (Å²) in [5, 5.41) is 5.48. The molecule has 0 aliphatic carbocycles. The first-order chi connectivity index (χ1) is 10.6. The number of aliphatic imine (C=N–C) groups is 1. The Morgan fingerprint density at radius 2 is 2.30 bits per heavy atom. The first-order valence-electron chi connectivity index (χ1n) is 8.08. The summed E-state index contributed by atoms with van der Waals surface area (Å²) in [6.07, 6.45) is 6.58. The highest BCUT2D eigenvalue weighted by Gasteiger charge is 2.33. The van der Waals surface area contributed by atoms with E-state index in [-0.39, 0.29) is 24.0 Å². The van der Waals surface area contributed by atoms with Crippen LogP contribution in [0.5, 0.6) is 0 Å². The monoisotopic (exact) mass is 447 g/mol. The van der Waals surface area contributed by atoms with Gasteiger partial charge in [0.15, 0.2) is 10.9 Å². The second kappa shape index (κ2) is 7.83. The molecular formula is C16H26IN5S. The van der Waals surface area contributed by atoms with Gasteiger partial charge in [-0.05, 0) is 25.2 Å². The van der Waals surface area contributed by atoms with Crippen LogP contribution in [-0.2, 0) is 6.54 Å². The molecule has 3 heterocycles. The third kappa shape index (κ3) is 4.17. The van der Waals surface area contributed by atoms with Gasteiger partial charge >= 0.3 is 0 Å². The maximum Gasteiger partial charge on any atom is 0.194 e. The maximum atomic E-state index is 4.80. The van der Waals surface area contributed by atoms with Crippen LogP contribution in [0.15, 0.2) is 22.8 Å². The van der Waals surface area contributed by atoms with Gasteiger partial charge in [-0.2, -0.15) is 0 Å². The van der Waals surface area contributed by atoms with E-state index in [0.29, 0.717) is 12.0 Å². The Morgan fingerprint density at radius 3 is 2.96 bits per heavy atom. The van der Waals surface area contributed by atoms with Crippen molar-refractivity contribution >= 4 is 46.2 Å². The van der Waals surface area contributed by atoms with E-state index in [4.69, 9.17) is 4.99 Å². The maximum absolute atomic E-state index is 4.80. The van der Waals surface area contributed by atoms with E-state index in [1.165, 1.54) is 12.8 Å². The molecule has 1 aliphatic heterocycles. The molecule has 1 unspecified atom stereocenters. The zero-order valence-electron chi connectivity index (χ0n) is 14.1. The van der Waals surface area contributed by atoms with Gasteiger partial charge in [0.1, 0.15) is 0 Å². The zero-order chi connectivity index (χ0) is 15.6. The number of rotatable bonds is 4. The molecule has 3 rings (SSSR count). The number of likely N-dealkylation sites (tertiary alicyclic amines) is 1. The largest absolute Gasteiger partial charge is 0.357 e. The molecule has 0 saturated carbocycles. The Bertz CT molecular complexity index is 636. The molecule has 23 heavy (non-hydrogen) atoms. The van der Waals surface area contributed by atoms with E-state index in [9.17, 15) is 0 Å². The number of hydrogen-bond donors (Lipinski definition) is 1. The molecule has 0 amide bonds. The van der Waals surface area contributed by atoms with Gasteiger partial charge < -0.3 is 10.2 Å². The lowest BCUT2D eigenvalue weighted by atomic mass is 9.87. The number of hydrogen-bond acceptors (Lipinski definition) is 3. The van der Waals surface area contributed by atoms with Crippen molar-refractivity contribution in [3.8, 4) is 0 Å². The van der Waals surface area contributed by atoms with Crippen LogP contribution < -0.4 is 5.32 Å². The summed E-state index contributed by atoms with van der Waals surface area (Å²) in [4.78, 5) is 12.8. The highest BCUT2D eigenvalue weighted by molar-refractivity contribution is 14.0. The van der Waals surface area contributed by atoms with Crippen LogP contribution in [0, 0.1) is 5.41 Å². The van der Waals surface area contributed by atoms with Crippen LogP contribution in [0.3, 0.4) is 0 Å². The molecule has 2 aromatic rings. The van der Waals surface area contributed by atoms with Crippen LogP contribution in [0.4, 0.5) is 0 Å². The second-order valence-electron chi connectivity index (χ2n) is 6.33. The number of fused-ring (bicyclic) bond motifs is 1. The average Bonchev–Trinajstić information content (AvgIpc) is 3.18. The second-order valence-corrected chi connectivity index (χ2v) is 7.20. The van der Waals surface area contributed by atoms with E-state index in [1.807, 2.05) is 6.20 Å². The lowest BCUT2D eigenvalue weighted by Crippen LogP contribution is -2.41. The van der Waals surface area contributed by atoms with Crippen molar-refractivity contribution in [2.24, 2.45) is 10.4 Å². The Morgan fingerprint density at radius 1 is 1.48 bits per heavy atom. The predicted molar refractivity (Wildman–Crippen MR) is 108 cm³/mol. The van der Waals surface area contributed by atoms with Gasteiger partial charge in [0, 0.05) is 37.4 Å². The van der Waals surface area contributed by atoms with E-state index in [2.05, 4.69) is 51.9 Å². The fourth-order valence-electron chi connectivity index (χ4n) is 2.93. The van der Waals surface area contributed by atoms with E-state index >= 15 is 0 Å². The molecule has 1 aliphatic rings. The average molecular weight is 447 g/mol. The topological polar surface area (TPSA) is 44.9 Å². The fraction of sp³-hybridized carbons (Fsp3) is 0.625. The number of nitrogens with zero attached hydrogens (tertiary/aromatic N) is 4. The van der Waals surface area contributed by atoms with E-state index < -0.39 is 0 Å². The van der Waals surface area contributed by atoms with Crippen LogP contribution in [-0.4, -0.2) is 39.9 Å². The summed E-state index contributed by atoms with van der Waals surface area (Å²) in [6, 6.07) is 0. The molecule has 7 heteroatoms. The summed E-state index contributed by atoms with van der Waals surface area (Å²) >= 11 is 1.66. The van der Waals surface area contributed by atoms with Gasteiger partial charge in [-0.1, -0.05) is 13.8 Å². The number of imidazole rings is 1. The van der Waals surface area contributed by atoms with Crippen LogP contribution in [0.1, 0.15) is 39.3 Å². The summed E-state index contributed by atoms with van der Waals surface area (Å²) in [5.41, 5.74) is 1.45. The SMILES string of the molecule is CCNC(=NCc1cn2ccsc2n1)N1CCC(C)(CC)C1.I. The molecule has 0 bridgehead atoms. The normalized spacial score (nSPS) is 21.7. The Balaban J connectivity index is 0.00000192. The molecule has 0 aromatic carbocycles. The molecule has 2 aromatic heterocycles. The standard InChI is InChI=1S/C16H25N5S.HI/c1-4-16(3)6-7-21(12-16)14(17-5-2)18-10-13-11-20-8-9-22-15(20)19-13;/h8-9,11H,4-7,10,12H2,1-3H3,(H,17,18);1H. The molecule has 0 radical (unpaired) electrons. The molecule has 1 saturated heterocycles. The number of aromatic nitrogens is 2. The van der Waals surface area contributed by atoms with Gasteiger partial charge in [0.2, 0.25) is 0 Å². The van der Waals surface area contributed by atoms with Crippen molar-refractivity contribution < 1.29 is 0 Å². The Kier molecular flexibility index (Phi) is 6.30. The van der Waals surface area contributed by atoms with Crippen molar-refractivity contribution in [2.45, 2.75) is 40.2 Å². The zero-order valence-corrected chi connectivity index (χ0v) is 17.2. The van der Waals surface area contributed by atoms with Gasteiger partial charge in [0.25, 0.3) is 0 Å². The minimum absolute atomic E-state index is 0. The molecule has 5 nitrogen and oxygen atoms in total. The smallest absolute Gasteiger partial charge is 0.194 e. The molecular weight excluding hydrogens is 421 g/mol. The van der Waals surface area contributed by atoms with Gasteiger partial charge in [-0.15, -0.1) is 35.3 Å². The predicted octanol–water partition coefficient (Wildman–Crippen LogP) is 3.60. The highest BCUT2D eigenvalue weighted by atomic mass is 127. The van der Waals surface area contributed by atoms with Crippen molar-refractivity contribution in [2.75, 3.05) is 19.6 Å². The first kappa shape index (κ1) is 18.5. The number of guanidine groups is 1. The summed E-state index contributed by atoms with van der Waals surface area (Å²) in [7, 11) is 0. The summed E-state index contributed by atoms with van der Waals surface area (Å²) in [5.74, 6) is 1.02. The third-order valence-corrected chi connectivity index (χ3v) is 5.35. The summed E-state index contributed by atoms with van der Waals surface area (Å²) in [6.45, 7) is 10.5. The molecule has 128 valence electrons. The lowest BCUT2D eigenvalue weighted by Gasteiger charge is -2.25. The Hall–Kier alpha value is -0.830. The fourth-order valence-corrected chi connectivity index (χ4v) is 3.65. The highest BCUT2D eigenvalue weighted by Crippen LogP contribution is 2.32. The van der Waals surface area contributed by atoms with Gasteiger partial charge in [0.05, 0.1) is 12.2 Å². The minimum atomic E-state index is 0. The molecule has 0 spiro atoms. The van der Waals surface area contributed by atoms with Crippen LogP contribution in [0.25, 0.3) is 4.96 Å². The molecule has 1 fully saturated rings. The van der Waals surface area contributed by atoms with Gasteiger partial charge in [-0.25, -0.2) is 9.98 Å². The lowest BCUT2D eigenvalue weighted by molar-refractivity contribution is 0.322. The number of thiazole rings is 1. The minimum Gasteiger partial charge on any atom is -0.357 e. The Labute approximate surface area is 159 Å². The van der Waals surface area contributed by atoms with Crippen molar-refractivity contribution in [1.82, 2.24) is 19.6 Å². The van der Waals surface area contributed by atoms with Crippen molar-refractivity contribution in [3.63, 3.8) is 0 Å². The van der Waals surface area contributed by atoms with Crippen LogP contribution in [0.2, 0.25) is 0 Å².